The molecule has 2 fully saturated rings. The van der Waals surface area contributed by atoms with Gasteiger partial charge in [-0.2, -0.15) is 0 Å². The Bertz CT molecular complexity index is 1390. The predicted octanol–water partition coefficient (Wildman–Crippen LogP) is 4.13. The van der Waals surface area contributed by atoms with Gasteiger partial charge in [0.2, 0.25) is 0 Å². The molecule has 1 saturated heterocycles. The number of nitrogens with two attached hydrogens (primary N) is 1. The van der Waals surface area contributed by atoms with E-state index in [1.165, 1.54) is 11.3 Å². The number of nitrogens with one attached hydrogen (secondary N) is 2. The summed E-state index contributed by atoms with van der Waals surface area (Å²) in [4.78, 5) is 31.8. The van der Waals surface area contributed by atoms with Crippen molar-refractivity contribution in [3.8, 4) is 0 Å². The van der Waals surface area contributed by atoms with Crippen molar-refractivity contribution >= 4 is 39.7 Å². The van der Waals surface area contributed by atoms with E-state index < -0.39 is 5.54 Å². The molecule has 10 nitrogen and oxygen atoms in total. The van der Waals surface area contributed by atoms with E-state index >= 15 is 0 Å². The lowest BCUT2D eigenvalue weighted by molar-refractivity contribution is 0.103. The smallest absolute Gasteiger partial charge is 0.267 e. The fourth-order valence-corrected chi connectivity index (χ4v) is 6.86. The molecule has 1 amide bonds. The van der Waals surface area contributed by atoms with Gasteiger partial charge in [0.25, 0.3) is 5.91 Å². The molecule has 1 saturated carbocycles. The van der Waals surface area contributed by atoms with Crippen LogP contribution in [-0.2, 0) is 5.54 Å². The summed E-state index contributed by atoms with van der Waals surface area (Å²) < 4.78 is 0. The molecule has 0 radical (unpaired) electrons. The summed E-state index contributed by atoms with van der Waals surface area (Å²) in [6.07, 6.45) is 2.52. The van der Waals surface area contributed by atoms with E-state index in [1.807, 2.05) is 32.0 Å². The van der Waals surface area contributed by atoms with Gasteiger partial charge in [0.15, 0.2) is 5.13 Å². The number of thiazole rings is 1. The Morgan fingerprint density at radius 1 is 1.15 bits per heavy atom. The highest BCUT2D eigenvalue weighted by Crippen LogP contribution is 2.48. The lowest BCUT2D eigenvalue weighted by Gasteiger charge is -2.35. The first kappa shape index (κ1) is 29.4. The van der Waals surface area contributed by atoms with Gasteiger partial charge in [-0.3, -0.25) is 9.69 Å². The number of anilines is 4. The monoisotopic (exact) mass is 578 g/mol. The van der Waals surface area contributed by atoms with Gasteiger partial charge >= 0.3 is 0 Å². The molecule has 0 bridgehead atoms. The number of rotatable bonds is 8. The second-order valence-corrected chi connectivity index (χ2v) is 12.7. The Morgan fingerprint density at radius 2 is 1.90 bits per heavy atom. The van der Waals surface area contributed by atoms with E-state index in [4.69, 9.17) is 5.73 Å². The minimum Gasteiger partial charge on any atom is -0.395 e. The Morgan fingerprint density at radius 3 is 2.59 bits per heavy atom. The minimum absolute atomic E-state index is 0.173. The molecule has 2 aromatic heterocycles. The highest BCUT2D eigenvalue weighted by Gasteiger charge is 2.46. The summed E-state index contributed by atoms with van der Waals surface area (Å²) in [5.41, 5.74) is 9.40. The molecule has 11 heteroatoms. The van der Waals surface area contributed by atoms with Crippen molar-refractivity contribution in [1.29, 1.82) is 0 Å². The highest BCUT2D eigenvalue weighted by atomic mass is 32.1. The molecule has 1 aliphatic carbocycles. The molecule has 2 aliphatic rings. The van der Waals surface area contributed by atoms with E-state index in [0.29, 0.717) is 45.9 Å². The second kappa shape index (κ2) is 12.0. The number of aryl methyl sites for hydroxylation is 2. The summed E-state index contributed by atoms with van der Waals surface area (Å²) in [6, 6.07) is 8.11. The molecule has 4 atom stereocenters. The topological polar surface area (TPSA) is 133 Å². The SMILES string of the molecule is Cc1nc(Nc2ncc(C(=O)Nc3cc([C@@]4(N)C[C@@H](C)[C@@H](C)[C@H]4C)ccc3C)s2)cc(N2CCN(CCO)CC2)n1. The number of amides is 1. The van der Waals surface area contributed by atoms with Crippen molar-refractivity contribution < 1.29 is 9.90 Å². The highest BCUT2D eigenvalue weighted by molar-refractivity contribution is 7.17. The normalized spacial score (nSPS) is 25.0. The van der Waals surface area contributed by atoms with Crippen LogP contribution in [0.25, 0.3) is 0 Å². The van der Waals surface area contributed by atoms with Crippen LogP contribution in [0.2, 0.25) is 0 Å². The van der Waals surface area contributed by atoms with E-state index in [2.05, 4.69) is 62.2 Å². The fourth-order valence-electron chi connectivity index (χ4n) is 6.14. The number of carbonyl (C=O) groups excluding carboxylic acids is 1. The number of hydrogen-bond acceptors (Lipinski definition) is 10. The zero-order valence-corrected chi connectivity index (χ0v) is 25.5. The first-order valence-corrected chi connectivity index (χ1v) is 15.3. The predicted molar refractivity (Wildman–Crippen MR) is 165 cm³/mol. The number of piperazine rings is 1. The molecule has 0 unspecified atom stereocenters. The lowest BCUT2D eigenvalue weighted by atomic mass is 9.79. The molecule has 41 heavy (non-hydrogen) atoms. The van der Waals surface area contributed by atoms with E-state index in [-0.39, 0.29) is 12.5 Å². The second-order valence-electron chi connectivity index (χ2n) is 11.7. The first-order chi connectivity index (χ1) is 19.6. The molecule has 1 aliphatic heterocycles. The van der Waals surface area contributed by atoms with Gasteiger partial charge in [-0.25, -0.2) is 15.0 Å². The van der Waals surface area contributed by atoms with Crippen LogP contribution in [0.1, 0.15) is 53.8 Å². The molecule has 0 spiro atoms. The largest absolute Gasteiger partial charge is 0.395 e. The standard InChI is InChI=1S/C30H42N8O2S/c1-18-6-7-23(30(31)16-19(2)20(3)21(30)4)14-24(18)35-28(40)25-17-32-29(41-25)36-26-15-27(34-22(5)33-26)38-10-8-37(9-11-38)12-13-39/h6-7,14-15,17,19-21,39H,8-13,16,31H2,1-5H3,(H,35,40)(H,32,33,34,36)/t19-,20-,21-,30-/m1/s1. The average Bonchev–Trinajstić information content (AvgIpc) is 3.49. The van der Waals surface area contributed by atoms with Gasteiger partial charge in [-0.1, -0.05) is 44.2 Å². The summed E-state index contributed by atoms with van der Waals surface area (Å²) in [7, 11) is 0. The van der Waals surface area contributed by atoms with Crippen molar-refractivity contribution in [1.82, 2.24) is 19.9 Å². The molecule has 3 aromatic rings. The van der Waals surface area contributed by atoms with E-state index in [9.17, 15) is 9.90 Å². The number of β-amino-alcohol motifs (C(OH)–C–C–N with tert-alkyl or cyclic N) is 1. The zero-order chi connectivity index (χ0) is 29.3. The Hall–Kier alpha value is -3.12. The number of benzene rings is 1. The van der Waals surface area contributed by atoms with Gasteiger partial charge < -0.3 is 26.4 Å². The van der Waals surface area contributed by atoms with Crippen LogP contribution in [-0.4, -0.2) is 70.2 Å². The lowest BCUT2D eigenvalue weighted by Crippen LogP contribution is -2.47. The van der Waals surface area contributed by atoms with E-state index in [0.717, 1.165) is 55.2 Å². The van der Waals surface area contributed by atoms with Crippen LogP contribution < -0.4 is 21.3 Å². The molecular formula is C30H42N8O2S. The van der Waals surface area contributed by atoms with Crippen molar-refractivity contribution in [2.45, 2.75) is 46.6 Å². The van der Waals surface area contributed by atoms with Crippen LogP contribution in [0.4, 0.5) is 22.5 Å². The van der Waals surface area contributed by atoms with Crippen molar-refractivity contribution in [2.24, 2.45) is 23.5 Å². The molecule has 220 valence electrons. The average molecular weight is 579 g/mol. The van der Waals surface area contributed by atoms with Crippen LogP contribution in [0, 0.1) is 31.6 Å². The van der Waals surface area contributed by atoms with Gasteiger partial charge in [0.05, 0.1) is 12.8 Å². The summed E-state index contributed by atoms with van der Waals surface area (Å²) in [6.45, 7) is 14.9. The maximum Gasteiger partial charge on any atom is 0.267 e. The number of nitrogens with zero attached hydrogens (tertiary/aromatic N) is 5. The molecule has 1 aromatic carbocycles. The molecule has 5 N–H and O–H groups in total. The Balaban J connectivity index is 1.26. The Labute approximate surface area is 246 Å². The number of hydrogen-bond donors (Lipinski definition) is 4. The summed E-state index contributed by atoms with van der Waals surface area (Å²) >= 11 is 1.28. The Kier molecular flexibility index (Phi) is 8.60. The minimum atomic E-state index is -0.408. The fraction of sp³-hybridized carbons (Fsp3) is 0.533. The van der Waals surface area contributed by atoms with Crippen LogP contribution in [0.3, 0.4) is 0 Å². The van der Waals surface area contributed by atoms with Gasteiger partial charge in [0, 0.05) is 50.0 Å². The quantitative estimate of drug-likeness (QED) is 0.311. The van der Waals surface area contributed by atoms with Gasteiger partial charge in [-0.05, 0) is 55.2 Å². The maximum atomic E-state index is 13.2. The number of aliphatic hydroxyl groups excluding tert-OH is 1. The first-order valence-electron chi connectivity index (χ1n) is 14.5. The molecular weight excluding hydrogens is 536 g/mol. The molecule has 5 rings (SSSR count). The number of aromatic nitrogens is 3. The van der Waals surface area contributed by atoms with Crippen LogP contribution in [0.5, 0.6) is 0 Å². The third-order valence-corrected chi connectivity index (χ3v) is 9.99. The summed E-state index contributed by atoms with van der Waals surface area (Å²) in [5.74, 6) is 3.38. The van der Waals surface area contributed by atoms with Gasteiger partial charge in [-0.15, -0.1) is 0 Å². The maximum absolute atomic E-state index is 13.2. The molecule has 3 heterocycles. The van der Waals surface area contributed by atoms with Gasteiger partial charge in [0.1, 0.15) is 22.3 Å². The number of carbonyl (C=O) groups is 1. The third kappa shape index (κ3) is 6.23. The van der Waals surface area contributed by atoms with Crippen LogP contribution in [0.15, 0.2) is 30.5 Å². The van der Waals surface area contributed by atoms with Crippen LogP contribution >= 0.6 is 11.3 Å². The van der Waals surface area contributed by atoms with Crippen molar-refractivity contribution in [2.75, 3.05) is 54.9 Å². The third-order valence-electron chi connectivity index (χ3n) is 9.08. The number of aliphatic hydroxyl groups is 1. The van der Waals surface area contributed by atoms with E-state index in [1.54, 1.807) is 6.20 Å². The summed E-state index contributed by atoms with van der Waals surface area (Å²) in [5, 5.41) is 16.1. The van der Waals surface area contributed by atoms with Crippen molar-refractivity contribution in [3.63, 3.8) is 0 Å². The zero-order valence-electron chi connectivity index (χ0n) is 24.6. The van der Waals surface area contributed by atoms with Crippen molar-refractivity contribution in [3.05, 3.63) is 52.3 Å².